The molecule has 2 atom stereocenters. The second-order valence-corrected chi connectivity index (χ2v) is 6.99. The molecule has 22 heavy (non-hydrogen) atoms. The molecular formula is C16H21FN2O2S. The molecule has 2 unspecified atom stereocenters. The smallest absolute Gasteiger partial charge is 0.237 e. The summed E-state index contributed by atoms with van der Waals surface area (Å²) in [6.07, 6.45) is 2.44. The summed E-state index contributed by atoms with van der Waals surface area (Å²) in [6, 6.07) is 4.10. The van der Waals surface area contributed by atoms with Crippen LogP contribution in [0.25, 0.3) is 0 Å². The number of hydrogen-bond donors (Lipinski definition) is 2. The van der Waals surface area contributed by atoms with Crippen LogP contribution in [0.15, 0.2) is 23.1 Å². The van der Waals surface area contributed by atoms with Gasteiger partial charge in [0.15, 0.2) is 0 Å². The predicted octanol–water partition coefficient (Wildman–Crippen LogP) is 2.23. The third-order valence-electron chi connectivity index (χ3n) is 4.40. The molecule has 6 heteroatoms. The molecule has 1 aromatic carbocycles. The van der Waals surface area contributed by atoms with Crippen LogP contribution >= 0.6 is 11.8 Å². The number of halogens is 1. The average molecular weight is 324 g/mol. The van der Waals surface area contributed by atoms with Crippen LogP contribution in [0.4, 0.5) is 4.39 Å². The molecule has 0 saturated carbocycles. The lowest BCUT2D eigenvalue weighted by molar-refractivity contribution is -0.125. The van der Waals surface area contributed by atoms with Crippen molar-refractivity contribution in [1.29, 1.82) is 0 Å². The second-order valence-electron chi connectivity index (χ2n) is 5.86. The number of nitrogens with one attached hydrogen (secondary N) is 1. The summed E-state index contributed by atoms with van der Waals surface area (Å²) in [6.45, 7) is 1.33. The monoisotopic (exact) mass is 324 g/mol. The van der Waals surface area contributed by atoms with Crippen molar-refractivity contribution in [3.05, 3.63) is 29.6 Å². The van der Waals surface area contributed by atoms with E-state index < -0.39 is 6.04 Å². The van der Waals surface area contributed by atoms with Gasteiger partial charge in [0.2, 0.25) is 5.91 Å². The minimum Gasteiger partial charge on any atom is -0.381 e. The third-order valence-corrected chi connectivity index (χ3v) is 5.53. The van der Waals surface area contributed by atoms with Gasteiger partial charge in [-0.1, -0.05) is 0 Å². The first-order chi connectivity index (χ1) is 10.6. The van der Waals surface area contributed by atoms with E-state index in [1.165, 1.54) is 12.1 Å². The van der Waals surface area contributed by atoms with Crippen LogP contribution in [-0.4, -0.2) is 30.9 Å². The van der Waals surface area contributed by atoms with Crippen LogP contribution in [-0.2, 0) is 9.53 Å². The van der Waals surface area contributed by atoms with Crippen molar-refractivity contribution in [2.45, 2.75) is 36.2 Å². The van der Waals surface area contributed by atoms with E-state index in [4.69, 9.17) is 10.5 Å². The molecular weight excluding hydrogens is 303 g/mol. The highest BCUT2D eigenvalue weighted by atomic mass is 32.2. The van der Waals surface area contributed by atoms with E-state index >= 15 is 0 Å². The fraction of sp³-hybridized carbons (Fsp3) is 0.562. The van der Waals surface area contributed by atoms with Crippen molar-refractivity contribution in [1.82, 2.24) is 5.32 Å². The Bertz CT molecular complexity index is 549. The maximum Gasteiger partial charge on any atom is 0.237 e. The van der Waals surface area contributed by atoms with Gasteiger partial charge in [-0.15, -0.1) is 11.8 Å². The van der Waals surface area contributed by atoms with Crippen molar-refractivity contribution in [2.24, 2.45) is 11.7 Å². The number of hydrogen-bond acceptors (Lipinski definition) is 4. The van der Waals surface area contributed by atoms with Gasteiger partial charge in [0.05, 0.1) is 12.1 Å². The Morgan fingerprint density at radius 3 is 2.91 bits per heavy atom. The molecule has 0 bridgehead atoms. The minimum atomic E-state index is -0.518. The first kappa shape index (κ1) is 15.8. The molecule has 1 saturated heterocycles. The number of fused-ring (bicyclic) bond motifs is 1. The summed E-state index contributed by atoms with van der Waals surface area (Å²) in [5, 5.41) is 3.01. The third kappa shape index (κ3) is 3.45. The standard InChI is InChI=1S/C16H21FN2O2S/c17-11-1-2-14-12(9-11)13(5-8-22-14)19-16(20)15(18)10-3-6-21-7-4-10/h1-2,9-10,13,15H,3-8,18H2,(H,19,20). The number of ether oxygens (including phenoxy) is 1. The number of amides is 1. The average Bonchev–Trinajstić information content (AvgIpc) is 2.55. The summed E-state index contributed by atoms with van der Waals surface area (Å²) in [5.41, 5.74) is 6.98. The lowest BCUT2D eigenvalue weighted by atomic mass is 9.91. The molecule has 120 valence electrons. The van der Waals surface area contributed by atoms with Gasteiger partial charge in [-0.05, 0) is 48.9 Å². The molecule has 3 rings (SSSR count). The van der Waals surface area contributed by atoms with Crippen LogP contribution in [0.2, 0.25) is 0 Å². The second kappa shape index (κ2) is 6.98. The van der Waals surface area contributed by atoms with Crippen LogP contribution < -0.4 is 11.1 Å². The van der Waals surface area contributed by atoms with Crippen molar-refractivity contribution in [3.8, 4) is 0 Å². The number of benzene rings is 1. The number of rotatable bonds is 3. The summed E-state index contributed by atoms with van der Waals surface area (Å²) in [5.74, 6) is 0.669. The zero-order valence-electron chi connectivity index (χ0n) is 12.4. The Balaban J connectivity index is 1.68. The van der Waals surface area contributed by atoms with E-state index in [0.29, 0.717) is 13.2 Å². The van der Waals surface area contributed by atoms with Gasteiger partial charge in [0.25, 0.3) is 0 Å². The number of thioether (sulfide) groups is 1. The zero-order chi connectivity index (χ0) is 15.5. The van der Waals surface area contributed by atoms with E-state index in [0.717, 1.165) is 35.5 Å². The molecule has 2 heterocycles. The lowest BCUT2D eigenvalue weighted by Crippen LogP contribution is -2.48. The zero-order valence-corrected chi connectivity index (χ0v) is 13.2. The Hall–Kier alpha value is -1.11. The fourth-order valence-corrected chi connectivity index (χ4v) is 4.18. The highest BCUT2D eigenvalue weighted by Crippen LogP contribution is 2.36. The van der Waals surface area contributed by atoms with Crippen LogP contribution in [0.5, 0.6) is 0 Å². The Labute approximate surface area is 134 Å². The van der Waals surface area contributed by atoms with Crippen molar-refractivity contribution < 1.29 is 13.9 Å². The van der Waals surface area contributed by atoms with E-state index in [1.54, 1.807) is 17.8 Å². The van der Waals surface area contributed by atoms with Crippen molar-refractivity contribution in [3.63, 3.8) is 0 Å². The molecule has 4 nitrogen and oxygen atoms in total. The molecule has 1 amide bonds. The lowest BCUT2D eigenvalue weighted by Gasteiger charge is -2.30. The Morgan fingerprint density at radius 1 is 1.36 bits per heavy atom. The SMILES string of the molecule is NC(C(=O)NC1CCSc2ccc(F)cc21)C1CCOCC1. The first-order valence-corrected chi connectivity index (χ1v) is 8.69. The van der Waals surface area contributed by atoms with Gasteiger partial charge in [0.1, 0.15) is 5.82 Å². The van der Waals surface area contributed by atoms with Gasteiger partial charge < -0.3 is 15.8 Å². The molecule has 1 fully saturated rings. The van der Waals surface area contributed by atoms with E-state index in [9.17, 15) is 9.18 Å². The number of nitrogens with two attached hydrogens (primary N) is 1. The molecule has 0 aliphatic carbocycles. The Kier molecular flexibility index (Phi) is 5.00. The summed E-state index contributed by atoms with van der Waals surface area (Å²) in [4.78, 5) is 13.5. The summed E-state index contributed by atoms with van der Waals surface area (Å²) in [7, 11) is 0. The molecule has 0 spiro atoms. The maximum atomic E-state index is 13.5. The topological polar surface area (TPSA) is 64.4 Å². The van der Waals surface area contributed by atoms with Gasteiger partial charge in [0, 0.05) is 23.9 Å². The normalized spacial score (nSPS) is 23.6. The summed E-state index contributed by atoms with van der Waals surface area (Å²) < 4.78 is 18.8. The molecule has 3 N–H and O–H groups in total. The van der Waals surface area contributed by atoms with Crippen LogP contribution in [0.1, 0.15) is 30.9 Å². The minimum absolute atomic E-state index is 0.140. The van der Waals surface area contributed by atoms with Crippen molar-refractivity contribution >= 4 is 17.7 Å². The maximum absolute atomic E-state index is 13.5. The highest BCUT2D eigenvalue weighted by Gasteiger charge is 2.30. The number of carbonyl (C=O) groups is 1. The summed E-state index contributed by atoms with van der Waals surface area (Å²) >= 11 is 1.70. The van der Waals surface area contributed by atoms with Crippen LogP contribution in [0, 0.1) is 11.7 Å². The fourth-order valence-electron chi connectivity index (χ4n) is 3.07. The van der Waals surface area contributed by atoms with Crippen LogP contribution in [0.3, 0.4) is 0 Å². The number of carbonyl (C=O) groups excluding carboxylic acids is 1. The molecule has 0 radical (unpaired) electrons. The molecule has 1 aromatic rings. The van der Waals surface area contributed by atoms with Gasteiger partial charge in [-0.3, -0.25) is 4.79 Å². The highest BCUT2D eigenvalue weighted by molar-refractivity contribution is 7.99. The van der Waals surface area contributed by atoms with Gasteiger partial charge >= 0.3 is 0 Å². The van der Waals surface area contributed by atoms with E-state index in [-0.39, 0.29) is 23.7 Å². The largest absolute Gasteiger partial charge is 0.381 e. The molecule has 0 aromatic heterocycles. The van der Waals surface area contributed by atoms with Crippen molar-refractivity contribution in [2.75, 3.05) is 19.0 Å². The van der Waals surface area contributed by atoms with E-state index in [2.05, 4.69) is 5.32 Å². The van der Waals surface area contributed by atoms with Gasteiger partial charge in [-0.2, -0.15) is 0 Å². The Morgan fingerprint density at radius 2 is 2.14 bits per heavy atom. The quantitative estimate of drug-likeness (QED) is 0.895. The molecule has 2 aliphatic heterocycles. The van der Waals surface area contributed by atoms with E-state index in [1.807, 2.05) is 0 Å². The molecule has 2 aliphatic rings. The first-order valence-electron chi connectivity index (χ1n) is 7.71. The predicted molar refractivity (Wildman–Crippen MR) is 84.1 cm³/mol. The van der Waals surface area contributed by atoms with Gasteiger partial charge in [-0.25, -0.2) is 4.39 Å².